The Bertz CT molecular complexity index is 270. The van der Waals surface area contributed by atoms with Crippen LogP contribution in [0, 0.1) is 5.41 Å². The Morgan fingerprint density at radius 3 is 2.38 bits per heavy atom. The van der Waals surface area contributed by atoms with Crippen molar-refractivity contribution in [2.75, 3.05) is 19.3 Å². The molecule has 16 heavy (non-hydrogen) atoms. The van der Waals surface area contributed by atoms with E-state index in [1.807, 2.05) is 11.8 Å². The van der Waals surface area contributed by atoms with Crippen LogP contribution in [-0.2, 0) is 4.79 Å². The zero-order chi connectivity index (χ0) is 11.6. The largest absolute Gasteiger partial charge is 0.354 e. The molecule has 0 saturated heterocycles. The fraction of sp³-hybridized carbons (Fsp3) is 0.917. The Morgan fingerprint density at radius 2 is 1.94 bits per heavy atom. The van der Waals surface area contributed by atoms with E-state index in [2.05, 4.69) is 11.6 Å². The molecule has 4 heteroatoms. The first-order valence-electron chi connectivity index (χ1n) is 6.20. The number of carbonyl (C=O) groups excluding carboxylic acids is 1. The molecule has 2 rings (SSSR count). The lowest BCUT2D eigenvalue weighted by atomic mass is 10.0. The first-order chi connectivity index (χ1) is 7.66. The highest BCUT2D eigenvalue weighted by Crippen LogP contribution is 2.45. The molecule has 0 radical (unpaired) electrons. The quantitative estimate of drug-likeness (QED) is 0.768. The number of carbonyl (C=O) groups is 1. The van der Waals surface area contributed by atoms with Crippen molar-refractivity contribution in [2.45, 2.75) is 43.3 Å². The van der Waals surface area contributed by atoms with Crippen LogP contribution in [0.1, 0.15) is 38.5 Å². The summed E-state index contributed by atoms with van der Waals surface area (Å²) in [5, 5.41) is 3.13. The molecule has 0 aromatic rings. The number of hydrogen-bond donors (Lipinski definition) is 2. The van der Waals surface area contributed by atoms with Crippen LogP contribution in [0.15, 0.2) is 0 Å². The van der Waals surface area contributed by atoms with Gasteiger partial charge in [0.2, 0.25) is 5.91 Å². The Labute approximate surface area is 102 Å². The second-order valence-electron chi connectivity index (χ2n) is 5.26. The van der Waals surface area contributed by atoms with Crippen LogP contribution in [0.25, 0.3) is 0 Å². The van der Waals surface area contributed by atoms with Gasteiger partial charge in [-0.2, -0.15) is 11.8 Å². The lowest BCUT2D eigenvalue weighted by Gasteiger charge is -2.28. The topological polar surface area (TPSA) is 55.1 Å². The summed E-state index contributed by atoms with van der Waals surface area (Å²) >= 11 is 1.91. The van der Waals surface area contributed by atoms with Crippen molar-refractivity contribution < 1.29 is 4.79 Å². The van der Waals surface area contributed by atoms with Gasteiger partial charge in [0.25, 0.3) is 0 Å². The molecular formula is C12H22N2OS. The molecule has 3 nitrogen and oxygen atoms in total. The Kier molecular flexibility index (Phi) is 3.50. The van der Waals surface area contributed by atoms with Gasteiger partial charge in [-0.05, 0) is 31.9 Å². The third-order valence-corrected chi connectivity index (χ3v) is 5.66. The van der Waals surface area contributed by atoms with Gasteiger partial charge in [-0.3, -0.25) is 4.79 Å². The molecule has 0 spiro atoms. The minimum atomic E-state index is -0.196. The molecule has 0 aromatic heterocycles. The number of thioether (sulfide) groups is 1. The number of nitrogens with two attached hydrogens (primary N) is 1. The first kappa shape index (κ1) is 12.2. The van der Waals surface area contributed by atoms with E-state index in [9.17, 15) is 4.79 Å². The summed E-state index contributed by atoms with van der Waals surface area (Å²) in [6.07, 6.45) is 9.20. The van der Waals surface area contributed by atoms with Gasteiger partial charge in [-0.1, -0.05) is 12.8 Å². The van der Waals surface area contributed by atoms with Gasteiger partial charge in [-0.15, -0.1) is 0 Å². The molecule has 0 bridgehead atoms. The van der Waals surface area contributed by atoms with Crippen LogP contribution in [0.5, 0.6) is 0 Å². The van der Waals surface area contributed by atoms with E-state index in [4.69, 9.17) is 5.73 Å². The molecule has 92 valence electrons. The molecule has 0 aliphatic heterocycles. The highest BCUT2D eigenvalue weighted by atomic mass is 32.2. The van der Waals surface area contributed by atoms with Crippen LogP contribution in [0.3, 0.4) is 0 Å². The fourth-order valence-electron chi connectivity index (χ4n) is 2.58. The van der Waals surface area contributed by atoms with E-state index < -0.39 is 0 Å². The predicted octanol–water partition coefficient (Wildman–Crippen LogP) is 1.52. The van der Waals surface area contributed by atoms with Gasteiger partial charge in [0.1, 0.15) is 0 Å². The molecule has 2 aliphatic carbocycles. The average molecular weight is 242 g/mol. The minimum absolute atomic E-state index is 0.190. The van der Waals surface area contributed by atoms with Crippen LogP contribution >= 0.6 is 11.8 Å². The smallest absolute Gasteiger partial charge is 0.227 e. The summed E-state index contributed by atoms with van der Waals surface area (Å²) in [6, 6.07) is 0. The summed E-state index contributed by atoms with van der Waals surface area (Å²) < 4.78 is 0.306. The van der Waals surface area contributed by atoms with Crippen LogP contribution in [-0.4, -0.2) is 30.0 Å². The Morgan fingerprint density at radius 1 is 1.31 bits per heavy atom. The maximum atomic E-state index is 12.0. The highest BCUT2D eigenvalue weighted by Gasteiger charge is 2.49. The summed E-state index contributed by atoms with van der Waals surface area (Å²) in [5.41, 5.74) is 5.46. The number of amides is 1. The molecule has 2 aliphatic rings. The van der Waals surface area contributed by atoms with E-state index >= 15 is 0 Å². The Hall–Kier alpha value is -0.220. The fourth-order valence-corrected chi connectivity index (χ4v) is 3.49. The molecular weight excluding hydrogens is 220 g/mol. The molecule has 0 heterocycles. The zero-order valence-corrected chi connectivity index (χ0v) is 10.9. The normalized spacial score (nSPS) is 25.4. The van der Waals surface area contributed by atoms with Gasteiger partial charge in [-0.25, -0.2) is 0 Å². The second-order valence-corrected chi connectivity index (χ2v) is 6.54. The molecule has 3 N–H and O–H groups in total. The van der Waals surface area contributed by atoms with Crippen molar-refractivity contribution in [2.24, 2.45) is 11.1 Å². The third-order valence-electron chi connectivity index (χ3n) is 4.24. The molecule has 0 unspecified atom stereocenters. The number of rotatable bonds is 5. The summed E-state index contributed by atoms with van der Waals surface area (Å²) in [6.45, 7) is 1.33. The highest BCUT2D eigenvalue weighted by molar-refractivity contribution is 8.00. The maximum Gasteiger partial charge on any atom is 0.227 e. The van der Waals surface area contributed by atoms with E-state index in [-0.39, 0.29) is 11.3 Å². The number of hydrogen-bond acceptors (Lipinski definition) is 3. The zero-order valence-electron chi connectivity index (χ0n) is 10.1. The van der Waals surface area contributed by atoms with Crippen LogP contribution in [0.2, 0.25) is 0 Å². The van der Waals surface area contributed by atoms with Gasteiger partial charge < -0.3 is 11.1 Å². The number of nitrogens with one attached hydrogen (secondary N) is 1. The van der Waals surface area contributed by atoms with Gasteiger partial charge in [0, 0.05) is 17.8 Å². The third kappa shape index (κ3) is 2.23. The van der Waals surface area contributed by atoms with Gasteiger partial charge in [0.15, 0.2) is 0 Å². The van der Waals surface area contributed by atoms with E-state index in [1.54, 1.807) is 0 Å². The van der Waals surface area contributed by atoms with E-state index in [0.29, 0.717) is 11.3 Å². The Balaban J connectivity index is 1.84. The SMILES string of the molecule is CSC1(CNC(=O)C2(CN)CC2)CCCC1. The van der Waals surface area contributed by atoms with Crippen molar-refractivity contribution in [1.29, 1.82) is 0 Å². The van der Waals surface area contributed by atoms with Gasteiger partial charge >= 0.3 is 0 Å². The molecule has 2 saturated carbocycles. The first-order valence-corrected chi connectivity index (χ1v) is 7.42. The van der Waals surface area contributed by atoms with Crippen molar-refractivity contribution in [3.63, 3.8) is 0 Å². The summed E-state index contributed by atoms with van der Waals surface area (Å²) in [5.74, 6) is 0.190. The summed E-state index contributed by atoms with van der Waals surface area (Å²) in [7, 11) is 0. The second kappa shape index (κ2) is 4.57. The molecule has 1 amide bonds. The van der Waals surface area contributed by atoms with E-state index in [0.717, 1.165) is 19.4 Å². The monoisotopic (exact) mass is 242 g/mol. The van der Waals surface area contributed by atoms with Crippen molar-refractivity contribution in [1.82, 2.24) is 5.32 Å². The molecule has 0 atom stereocenters. The molecule has 0 aromatic carbocycles. The van der Waals surface area contributed by atoms with E-state index in [1.165, 1.54) is 25.7 Å². The van der Waals surface area contributed by atoms with Crippen LogP contribution in [0.4, 0.5) is 0 Å². The van der Waals surface area contributed by atoms with Gasteiger partial charge in [0.05, 0.1) is 5.41 Å². The van der Waals surface area contributed by atoms with Crippen molar-refractivity contribution in [3.05, 3.63) is 0 Å². The molecule has 2 fully saturated rings. The minimum Gasteiger partial charge on any atom is -0.354 e. The average Bonchev–Trinajstić information content (AvgIpc) is 2.99. The predicted molar refractivity (Wildman–Crippen MR) is 68.4 cm³/mol. The lowest BCUT2D eigenvalue weighted by molar-refractivity contribution is -0.126. The maximum absolute atomic E-state index is 12.0. The van der Waals surface area contributed by atoms with Crippen molar-refractivity contribution >= 4 is 17.7 Å². The summed E-state index contributed by atoms with van der Waals surface area (Å²) in [4.78, 5) is 12.0. The standard InChI is InChI=1S/C12H22N2OS/c1-16-12(4-2-3-5-12)9-14-10(15)11(8-13)6-7-11/h2-9,13H2,1H3,(H,14,15). The van der Waals surface area contributed by atoms with Crippen LogP contribution < -0.4 is 11.1 Å². The lowest BCUT2D eigenvalue weighted by Crippen LogP contribution is -2.43. The van der Waals surface area contributed by atoms with Crippen molar-refractivity contribution in [3.8, 4) is 0 Å².